The maximum Gasteiger partial charge on any atom is 0.312 e. The van der Waals surface area contributed by atoms with Gasteiger partial charge in [0.1, 0.15) is 12.4 Å². The number of nitro benzene ring substituents is 1. The fourth-order valence-electron chi connectivity index (χ4n) is 3.70. The summed E-state index contributed by atoms with van der Waals surface area (Å²) in [5, 5.41) is 11.2. The SMILES string of the molecule is COc1ccc(S(=O)(=O)N2CCN(C(=O)C3=Cc4ccccc4OC3)CC2)cc1[N+](=O)[O-]. The molecule has 1 saturated heterocycles. The van der Waals surface area contributed by atoms with E-state index in [0.29, 0.717) is 11.3 Å². The summed E-state index contributed by atoms with van der Waals surface area (Å²) in [6.07, 6.45) is 1.79. The van der Waals surface area contributed by atoms with Crippen molar-refractivity contribution in [3.05, 3.63) is 63.7 Å². The normalized spacial score (nSPS) is 16.5. The number of hydrogen-bond donors (Lipinski definition) is 0. The van der Waals surface area contributed by atoms with Crippen molar-refractivity contribution in [3.63, 3.8) is 0 Å². The molecule has 0 unspecified atom stereocenters. The zero-order chi connectivity index (χ0) is 22.9. The number of amides is 1. The number of carbonyl (C=O) groups is 1. The third-order valence-electron chi connectivity index (χ3n) is 5.42. The maximum absolute atomic E-state index is 13.0. The van der Waals surface area contributed by atoms with Crippen molar-refractivity contribution >= 4 is 27.7 Å². The maximum atomic E-state index is 13.0. The number of carbonyl (C=O) groups excluding carboxylic acids is 1. The van der Waals surface area contributed by atoms with E-state index < -0.39 is 20.6 Å². The summed E-state index contributed by atoms with van der Waals surface area (Å²) in [6, 6.07) is 10.9. The van der Waals surface area contributed by atoms with Crippen LogP contribution in [-0.4, -0.2) is 68.3 Å². The molecule has 168 valence electrons. The Labute approximate surface area is 184 Å². The zero-order valence-corrected chi connectivity index (χ0v) is 18.1. The van der Waals surface area contributed by atoms with Gasteiger partial charge in [0.15, 0.2) is 5.75 Å². The third-order valence-corrected chi connectivity index (χ3v) is 7.31. The Kier molecular flexibility index (Phi) is 5.85. The van der Waals surface area contributed by atoms with Crippen LogP contribution in [0.25, 0.3) is 6.08 Å². The summed E-state index contributed by atoms with van der Waals surface area (Å²) in [5.41, 5.74) is 0.905. The van der Waals surface area contributed by atoms with Crippen molar-refractivity contribution in [2.75, 3.05) is 39.9 Å². The number of rotatable bonds is 5. The average molecular weight is 459 g/mol. The van der Waals surface area contributed by atoms with E-state index in [0.717, 1.165) is 11.6 Å². The quantitative estimate of drug-likeness (QED) is 0.495. The van der Waals surface area contributed by atoms with Crippen molar-refractivity contribution in [3.8, 4) is 11.5 Å². The molecule has 0 atom stereocenters. The van der Waals surface area contributed by atoms with Crippen molar-refractivity contribution in [2.24, 2.45) is 0 Å². The van der Waals surface area contributed by atoms with Gasteiger partial charge in [-0.3, -0.25) is 14.9 Å². The highest BCUT2D eigenvalue weighted by atomic mass is 32.2. The lowest BCUT2D eigenvalue weighted by Gasteiger charge is -2.34. The lowest BCUT2D eigenvalue weighted by Crippen LogP contribution is -2.51. The van der Waals surface area contributed by atoms with E-state index in [-0.39, 0.29) is 49.3 Å². The molecule has 2 aliphatic heterocycles. The van der Waals surface area contributed by atoms with Gasteiger partial charge in [0, 0.05) is 37.8 Å². The smallest absolute Gasteiger partial charge is 0.312 e. The first-order valence-electron chi connectivity index (χ1n) is 9.85. The topological polar surface area (TPSA) is 119 Å². The molecule has 10 nitrogen and oxygen atoms in total. The van der Waals surface area contributed by atoms with Crippen molar-refractivity contribution < 1.29 is 27.6 Å². The Morgan fingerprint density at radius 2 is 1.84 bits per heavy atom. The van der Waals surface area contributed by atoms with Crippen LogP contribution in [0.5, 0.6) is 11.5 Å². The highest BCUT2D eigenvalue weighted by molar-refractivity contribution is 7.89. The fourth-order valence-corrected chi connectivity index (χ4v) is 5.14. The van der Waals surface area contributed by atoms with Crippen LogP contribution in [0.15, 0.2) is 52.9 Å². The van der Waals surface area contributed by atoms with Crippen LogP contribution in [0.4, 0.5) is 5.69 Å². The van der Waals surface area contributed by atoms with E-state index in [1.807, 2.05) is 24.3 Å². The molecule has 11 heteroatoms. The molecule has 0 saturated carbocycles. The summed E-state index contributed by atoms with van der Waals surface area (Å²) < 4.78 is 37.8. The van der Waals surface area contributed by atoms with E-state index in [1.165, 1.54) is 23.5 Å². The summed E-state index contributed by atoms with van der Waals surface area (Å²) in [5.74, 6) is 0.499. The monoisotopic (exact) mass is 459 g/mol. The number of sulfonamides is 1. The Bertz CT molecular complexity index is 1200. The number of para-hydroxylation sites is 1. The second kappa shape index (κ2) is 8.60. The molecule has 0 radical (unpaired) electrons. The van der Waals surface area contributed by atoms with Gasteiger partial charge < -0.3 is 14.4 Å². The molecule has 1 amide bonds. The third kappa shape index (κ3) is 4.04. The summed E-state index contributed by atoms with van der Waals surface area (Å²) in [6.45, 7) is 0.728. The number of piperazine rings is 1. The molecule has 0 bridgehead atoms. The van der Waals surface area contributed by atoms with Gasteiger partial charge in [0.2, 0.25) is 10.0 Å². The second-order valence-corrected chi connectivity index (χ2v) is 9.22. The lowest BCUT2D eigenvalue weighted by molar-refractivity contribution is -0.386. The molecule has 1 fully saturated rings. The highest BCUT2D eigenvalue weighted by Crippen LogP contribution is 2.31. The standard InChI is InChI=1S/C21H21N3O7S/c1-30-20-7-6-17(13-18(20)24(26)27)32(28,29)23-10-8-22(9-11-23)21(25)16-12-15-4-2-3-5-19(15)31-14-16/h2-7,12-13H,8-11,14H2,1H3. The second-order valence-electron chi connectivity index (χ2n) is 7.28. The van der Waals surface area contributed by atoms with Gasteiger partial charge >= 0.3 is 5.69 Å². The molecule has 2 aliphatic rings. The molecule has 2 heterocycles. The van der Waals surface area contributed by atoms with E-state index in [4.69, 9.17) is 9.47 Å². The predicted octanol–water partition coefficient (Wildman–Crippen LogP) is 1.91. The van der Waals surface area contributed by atoms with Gasteiger partial charge in [0.05, 0.1) is 22.5 Å². The van der Waals surface area contributed by atoms with Gasteiger partial charge in [0.25, 0.3) is 5.91 Å². The number of hydrogen-bond acceptors (Lipinski definition) is 7. The Balaban J connectivity index is 1.47. The molecular weight excluding hydrogens is 438 g/mol. The van der Waals surface area contributed by atoms with Crippen LogP contribution in [0.3, 0.4) is 0 Å². The first kappa shape index (κ1) is 21.8. The molecule has 0 spiro atoms. The number of fused-ring (bicyclic) bond motifs is 1. The van der Waals surface area contributed by atoms with E-state index in [9.17, 15) is 23.3 Å². The fraction of sp³-hybridized carbons (Fsp3) is 0.286. The number of nitrogens with zero attached hydrogens (tertiary/aromatic N) is 3. The van der Waals surface area contributed by atoms with Gasteiger partial charge in [-0.15, -0.1) is 0 Å². The van der Waals surface area contributed by atoms with Gasteiger partial charge in [-0.2, -0.15) is 4.31 Å². The van der Waals surface area contributed by atoms with Crippen molar-refractivity contribution in [2.45, 2.75) is 4.90 Å². The largest absolute Gasteiger partial charge is 0.490 e. The predicted molar refractivity (Wildman–Crippen MR) is 115 cm³/mol. The minimum atomic E-state index is -3.96. The van der Waals surface area contributed by atoms with Gasteiger partial charge in [-0.05, 0) is 24.3 Å². The summed E-state index contributed by atoms with van der Waals surface area (Å²) in [4.78, 5) is 24.9. The van der Waals surface area contributed by atoms with Gasteiger partial charge in [-0.25, -0.2) is 8.42 Å². The van der Waals surface area contributed by atoms with Gasteiger partial charge in [-0.1, -0.05) is 18.2 Å². The minimum Gasteiger partial charge on any atom is -0.490 e. The summed E-state index contributed by atoms with van der Waals surface area (Å²) in [7, 11) is -2.69. The van der Waals surface area contributed by atoms with E-state index in [1.54, 1.807) is 11.0 Å². The van der Waals surface area contributed by atoms with Crippen LogP contribution in [0, 0.1) is 10.1 Å². The molecule has 2 aromatic carbocycles. The first-order valence-corrected chi connectivity index (χ1v) is 11.3. The highest BCUT2D eigenvalue weighted by Gasteiger charge is 2.33. The van der Waals surface area contributed by atoms with Crippen LogP contribution < -0.4 is 9.47 Å². The Hall–Kier alpha value is -3.44. The van der Waals surface area contributed by atoms with Crippen LogP contribution in [-0.2, 0) is 14.8 Å². The van der Waals surface area contributed by atoms with E-state index in [2.05, 4.69) is 0 Å². The lowest BCUT2D eigenvalue weighted by atomic mass is 10.1. The van der Waals surface area contributed by atoms with Crippen LogP contribution >= 0.6 is 0 Å². The number of benzene rings is 2. The number of nitro groups is 1. The van der Waals surface area contributed by atoms with Crippen molar-refractivity contribution in [1.82, 2.24) is 9.21 Å². The molecule has 2 aromatic rings. The molecule has 0 N–H and O–H groups in total. The molecular formula is C21H21N3O7S. The minimum absolute atomic E-state index is 0.0195. The molecule has 32 heavy (non-hydrogen) atoms. The Morgan fingerprint density at radius 3 is 2.53 bits per heavy atom. The Morgan fingerprint density at radius 1 is 1.12 bits per heavy atom. The number of ether oxygens (including phenoxy) is 2. The molecule has 4 rings (SSSR count). The van der Waals surface area contributed by atoms with Crippen LogP contribution in [0.2, 0.25) is 0 Å². The molecule has 0 aliphatic carbocycles. The summed E-state index contributed by atoms with van der Waals surface area (Å²) >= 11 is 0. The number of methoxy groups -OCH3 is 1. The first-order chi connectivity index (χ1) is 15.3. The van der Waals surface area contributed by atoms with Crippen molar-refractivity contribution in [1.29, 1.82) is 0 Å². The average Bonchev–Trinajstić information content (AvgIpc) is 2.82. The molecule has 0 aromatic heterocycles. The van der Waals surface area contributed by atoms with E-state index >= 15 is 0 Å². The van der Waals surface area contributed by atoms with Crippen LogP contribution in [0.1, 0.15) is 5.56 Å². The zero-order valence-electron chi connectivity index (χ0n) is 17.3.